The van der Waals surface area contributed by atoms with Gasteiger partial charge >= 0.3 is 0 Å². The summed E-state index contributed by atoms with van der Waals surface area (Å²) in [6, 6.07) is 9.43. The van der Waals surface area contributed by atoms with Gasteiger partial charge in [0, 0.05) is 19.5 Å². The second kappa shape index (κ2) is 4.67. The summed E-state index contributed by atoms with van der Waals surface area (Å²) in [5.41, 5.74) is 2.63. The molecule has 0 aromatic heterocycles. The van der Waals surface area contributed by atoms with E-state index in [1.54, 1.807) is 0 Å². The van der Waals surface area contributed by atoms with E-state index in [2.05, 4.69) is 39.0 Å². The predicted molar refractivity (Wildman–Crippen MR) is 44.1 cm³/mol. The predicted octanol–water partition coefficient (Wildman–Crippen LogP) is 2.92. The summed E-state index contributed by atoms with van der Waals surface area (Å²) in [7, 11) is 0. The molecule has 1 aromatic rings. The maximum atomic E-state index is 3.13. The van der Waals surface area contributed by atoms with E-state index in [-0.39, 0.29) is 19.5 Å². The monoisotopic (exact) mass is 236 g/mol. The summed E-state index contributed by atoms with van der Waals surface area (Å²) in [4.78, 5) is 0. The van der Waals surface area contributed by atoms with Gasteiger partial charge in [0.05, 0.1) is 0 Å². The minimum Gasteiger partial charge on any atom is -0.181 e. The first-order chi connectivity index (χ1) is 4.70. The van der Waals surface area contributed by atoms with Crippen LogP contribution in [0.5, 0.6) is 0 Å². The molecule has 0 heterocycles. The Kier molecular flexibility index (Phi) is 4.60. The summed E-state index contributed by atoms with van der Waals surface area (Å²) in [5, 5.41) is 0. The number of rotatable bonds is 1. The van der Waals surface area contributed by atoms with Crippen molar-refractivity contribution in [2.75, 3.05) is 0 Å². The molecule has 0 aliphatic carbocycles. The smallest absolute Gasteiger partial charge is 0 e. The Morgan fingerprint density at radius 1 is 1.36 bits per heavy atom. The molecule has 0 bridgehead atoms. The Hall–Kier alpha value is -0.157. The summed E-state index contributed by atoms with van der Waals surface area (Å²) < 4.78 is 0. The Morgan fingerprint density at radius 3 is 2.36 bits per heavy atom. The summed E-state index contributed by atoms with van der Waals surface area (Å²) in [5.74, 6) is 0.633. The molecule has 0 aliphatic rings. The minimum atomic E-state index is 0. The fraction of sp³-hybridized carbons (Fsp3) is 0.400. The third-order valence-corrected chi connectivity index (χ3v) is 1.64. The average Bonchev–Trinajstić information content (AvgIpc) is 1.88. The Morgan fingerprint density at radius 2 is 2.00 bits per heavy atom. The molecule has 0 saturated heterocycles. The van der Waals surface area contributed by atoms with Crippen molar-refractivity contribution in [3.8, 4) is 0 Å². The maximum absolute atomic E-state index is 3.13. The molecule has 0 fully saturated rings. The van der Waals surface area contributed by atoms with E-state index in [0.29, 0.717) is 5.92 Å². The Balaban J connectivity index is 0.000001000. The van der Waals surface area contributed by atoms with Gasteiger partial charge in [-0.25, -0.2) is 0 Å². The average molecular weight is 236 g/mol. The normalized spacial score (nSPS) is 9.45. The van der Waals surface area contributed by atoms with E-state index in [1.165, 1.54) is 11.1 Å². The summed E-state index contributed by atoms with van der Waals surface area (Å²) >= 11 is 0. The molecule has 11 heavy (non-hydrogen) atoms. The summed E-state index contributed by atoms with van der Waals surface area (Å²) in [6.07, 6.45) is 0. The zero-order valence-corrected chi connectivity index (χ0v) is 8.78. The third kappa shape index (κ3) is 3.16. The molecular formula is C10H13Rh-. The molecule has 0 atom stereocenters. The number of hydrogen-bond donors (Lipinski definition) is 0. The molecule has 0 unspecified atom stereocenters. The fourth-order valence-corrected chi connectivity index (χ4v) is 0.968. The third-order valence-electron chi connectivity index (χ3n) is 1.64. The fourth-order valence-electron chi connectivity index (χ4n) is 0.968. The van der Waals surface area contributed by atoms with E-state index in [9.17, 15) is 0 Å². The van der Waals surface area contributed by atoms with Crippen LogP contribution in [0.1, 0.15) is 30.9 Å². The first-order valence-corrected chi connectivity index (χ1v) is 3.68. The van der Waals surface area contributed by atoms with E-state index in [0.717, 1.165) is 0 Å². The largest absolute Gasteiger partial charge is 0.181 e. The van der Waals surface area contributed by atoms with Gasteiger partial charge in [-0.05, 0) is 5.92 Å². The van der Waals surface area contributed by atoms with Crippen molar-refractivity contribution in [1.82, 2.24) is 0 Å². The molecule has 0 nitrogen and oxygen atoms in total. The van der Waals surface area contributed by atoms with E-state index in [1.807, 2.05) is 6.07 Å². The van der Waals surface area contributed by atoms with Crippen LogP contribution in [0.3, 0.4) is 0 Å². The zero-order chi connectivity index (χ0) is 7.56. The molecule has 63 valence electrons. The molecule has 0 aliphatic heterocycles. The van der Waals surface area contributed by atoms with Crippen LogP contribution in [0.4, 0.5) is 0 Å². The van der Waals surface area contributed by atoms with Gasteiger partial charge in [-0.2, -0.15) is 35.4 Å². The number of hydrogen-bond acceptors (Lipinski definition) is 0. The Bertz CT molecular complexity index is 216. The minimum absolute atomic E-state index is 0. The van der Waals surface area contributed by atoms with Crippen LogP contribution in [0.2, 0.25) is 0 Å². The van der Waals surface area contributed by atoms with Crippen LogP contribution in [-0.2, 0) is 19.5 Å². The van der Waals surface area contributed by atoms with Gasteiger partial charge < -0.3 is 0 Å². The molecular weight excluding hydrogens is 223 g/mol. The van der Waals surface area contributed by atoms with Gasteiger partial charge in [-0.1, -0.05) is 20.8 Å². The van der Waals surface area contributed by atoms with Crippen molar-refractivity contribution < 1.29 is 19.5 Å². The van der Waals surface area contributed by atoms with Crippen molar-refractivity contribution in [3.63, 3.8) is 0 Å². The Labute approximate surface area is 81.8 Å². The molecule has 0 spiro atoms. The van der Waals surface area contributed by atoms with Crippen molar-refractivity contribution in [2.24, 2.45) is 0 Å². The second-order valence-electron chi connectivity index (χ2n) is 2.96. The van der Waals surface area contributed by atoms with Crippen LogP contribution in [0.15, 0.2) is 18.2 Å². The van der Waals surface area contributed by atoms with E-state index >= 15 is 0 Å². The number of benzene rings is 1. The van der Waals surface area contributed by atoms with Crippen molar-refractivity contribution in [1.29, 1.82) is 0 Å². The molecule has 0 amide bonds. The van der Waals surface area contributed by atoms with Crippen LogP contribution >= 0.6 is 0 Å². The molecule has 0 N–H and O–H groups in total. The zero-order valence-electron chi connectivity index (χ0n) is 7.14. The van der Waals surface area contributed by atoms with Crippen LogP contribution in [-0.4, -0.2) is 0 Å². The van der Waals surface area contributed by atoms with E-state index < -0.39 is 0 Å². The van der Waals surface area contributed by atoms with E-state index in [4.69, 9.17) is 0 Å². The SMILES string of the molecule is Cc1[c-]ccc(C(C)C)c1.[Rh]. The maximum Gasteiger partial charge on any atom is 0 e. The van der Waals surface area contributed by atoms with Gasteiger partial charge in [0.2, 0.25) is 0 Å². The topological polar surface area (TPSA) is 0 Å². The molecule has 1 heteroatoms. The summed E-state index contributed by atoms with van der Waals surface area (Å²) in [6.45, 7) is 6.48. The molecule has 0 saturated carbocycles. The van der Waals surface area contributed by atoms with Gasteiger partial charge in [0.15, 0.2) is 0 Å². The quantitative estimate of drug-likeness (QED) is 0.519. The molecule has 1 radical (unpaired) electrons. The van der Waals surface area contributed by atoms with Crippen molar-refractivity contribution in [2.45, 2.75) is 26.7 Å². The van der Waals surface area contributed by atoms with Crippen LogP contribution in [0.25, 0.3) is 0 Å². The van der Waals surface area contributed by atoms with Crippen molar-refractivity contribution in [3.05, 3.63) is 35.4 Å². The first-order valence-electron chi connectivity index (χ1n) is 3.68. The van der Waals surface area contributed by atoms with Gasteiger partial charge in [0.25, 0.3) is 0 Å². The molecule has 1 aromatic carbocycles. The molecule has 1 rings (SSSR count). The second-order valence-corrected chi connectivity index (χ2v) is 2.96. The van der Waals surface area contributed by atoms with Gasteiger partial charge in [-0.3, -0.25) is 0 Å². The van der Waals surface area contributed by atoms with Gasteiger partial charge in [-0.15, -0.1) is 0 Å². The number of aryl methyl sites for hydroxylation is 1. The standard InChI is InChI=1S/C10H13.Rh/c1-8(2)10-6-4-5-9(3)7-10;/h4,6-8H,1-3H3;/q-1;. The van der Waals surface area contributed by atoms with Crippen molar-refractivity contribution >= 4 is 0 Å². The first kappa shape index (κ1) is 10.8. The van der Waals surface area contributed by atoms with Crippen LogP contribution in [0, 0.1) is 13.0 Å². The van der Waals surface area contributed by atoms with Gasteiger partial charge in [0.1, 0.15) is 0 Å². The van der Waals surface area contributed by atoms with Crippen LogP contribution < -0.4 is 0 Å².